The lowest BCUT2D eigenvalue weighted by atomic mass is 9.69. The van der Waals surface area contributed by atoms with E-state index in [2.05, 4.69) is 25.8 Å². The molecule has 0 spiro atoms. The van der Waals surface area contributed by atoms with Crippen molar-refractivity contribution >= 4 is 15.8 Å². The molecule has 6 nitrogen and oxygen atoms in total. The molecular weight excluding hydrogens is 424 g/mol. The third kappa shape index (κ3) is 4.50. The molecule has 1 unspecified atom stereocenters. The fourth-order valence-corrected chi connectivity index (χ4v) is 5.99. The molecule has 2 aliphatic rings. The molecule has 1 aliphatic carbocycles. The molecule has 1 fully saturated rings. The molecule has 1 aliphatic heterocycles. The molecule has 1 atom stereocenters. The Bertz CT molecular complexity index is 1120. The normalized spacial score (nSPS) is 22.2. The van der Waals surface area contributed by atoms with Gasteiger partial charge in [-0.2, -0.15) is 4.31 Å². The molecular formula is C25H30N2O4S. The molecule has 170 valence electrons. The van der Waals surface area contributed by atoms with E-state index in [1.54, 1.807) is 34.8 Å². The highest BCUT2D eigenvalue weighted by Crippen LogP contribution is 2.44. The number of ketones is 1. The second-order valence-electron chi connectivity index (χ2n) is 9.74. The third-order valence-electron chi connectivity index (χ3n) is 6.47. The van der Waals surface area contributed by atoms with Crippen molar-refractivity contribution in [3.05, 3.63) is 65.9 Å². The van der Waals surface area contributed by atoms with E-state index in [1.807, 2.05) is 24.3 Å². The summed E-state index contributed by atoms with van der Waals surface area (Å²) in [6.07, 6.45) is 4.85. The van der Waals surface area contributed by atoms with Gasteiger partial charge in [0.25, 0.3) is 0 Å². The first-order valence-corrected chi connectivity index (χ1v) is 12.4. The minimum absolute atomic E-state index is 0.0470. The number of ether oxygens (including phenoxy) is 1. The Labute approximate surface area is 190 Å². The number of carbonyl (C=O) groups excluding carboxylic acids is 1. The van der Waals surface area contributed by atoms with E-state index in [0.29, 0.717) is 43.1 Å². The van der Waals surface area contributed by atoms with Crippen molar-refractivity contribution in [1.82, 2.24) is 9.29 Å². The minimum atomic E-state index is -3.66. The summed E-state index contributed by atoms with van der Waals surface area (Å²) in [5.41, 5.74) is 1.50. The number of piperidine rings is 1. The average molecular weight is 455 g/mol. The van der Waals surface area contributed by atoms with Crippen molar-refractivity contribution in [3.8, 4) is 5.88 Å². The van der Waals surface area contributed by atoms with Gasteiger partial charge in [-0.15, -0.1) is 0 Å². The van der Waals surface area contributed by atoms with Crippen molar-refractivity contribution in [2.75, 3.05) is 19.7 Å². The van der Waals surface area contributed by atoms with Crippen LogP contribution < -0.4 is 4.74 Å². The molecule has 2 aromatic rings. The van der Waals surface area contributed by atoms with Gasteiger partial charge in [-0.25, -0.2) is 13.4 Å². The smallest absolute Gasteiger partial charge is 0.243 e. The lowest BCUT2D eigenvalue weighted by Crippen LogP contribution is -2.51. The van der Waals surface area contributed by atoms with E-state index < -0.39 is 15.4 Å². The van der Waals surface area contributed by atoms with Crippen LogP contribution in [-0.2, 0) is 20.2 Å². The lowest BCUT2D eigenvalue weighted by Gasteiger charge is -2.45. The van der Waals surface area contributed by atoms with Crippen molar-refractivity contribution < 1.29 is 17.9 Å². The Balaban J connectivity index is 1.60. The molecule has 2 heterocycles. The van der Waals surface area contributed by atoms with Gasteiger partial charge in [0.1, 0.15) is 6.61 Å². The van der Waals surface area contributed by atoms with Gasteiger partial charge in [0.05, 0.1) is 4.90 Å². The topological polar surface area (TPSA) is 76.6 Å². The molecule has 0 N–H and O–H groups in total. The second kappa shape index (κ2) is 8.45. The van der Waals surface area contributed by atoms with Crippen molar-refractivity contribution in [2.45, 2.75) is 50.3 Å². The van der Waals surface area contributed by atoms with Crippen LogP contribution in [0.1, 0.15) is 45.6 Å². The summed E-state index contributed by atoms with van der Waals surface area (Å²) in [6, 6.07) is 12.6. The van der Waals surface area contributed by atoms with Crippen LogP contribution in [0.4, 0.5) is 0 Å². The first-order chi connectivity index (χ1) is 15.1. The van der Waals surface area contributed by atoms with E-state index in [9.17, 15) is 13.2 Å². The van der Waals surface area contributed by atoms with Crippen LogP contribution in [0.3, 0.4) is 0 Å². The van der Waals surface area contributed by atoms with Crippen molar-refractivity contribution in [1.29, 1.82) is 0 Å². The second-order valence-corrected chi connectivity index (χ2v) is 11.7. The minimum Gasteiger partial charge on any atom is -0.477 e. The van der Waals surface area contributed by atoms with Gasteiger partial charge in [-0.1, -0.05) is 44.5 Å². The highest BCUT2D eigenvalue weighted by molar-refractivity contribution is 7.89. The first-order valence-electron chi connectivity index (χ1n) is 11.0. The van der Waals surface area contributed by atoms with E-state index >= 15 is 0 Å². The standard InChI is InChI=1S/C25H30N2O4S/c1-24(2,3)19-7-9-22(10-8-19)32(29,30)27-15-12-20-16-21(28)11-13-25(20,17-27)18-31-23-6-4-5-14-26-23/h4-10,14,16H,11-13,15,17-18H2,1-3H3. The Hall–Kier alpha value is -2.51. The summed E-state index contributed by atoms with van der Waals surface area (Å²) in [5.74, 6) is 0.596. The van der Waals surface area contributed by atoms with Gasteiger partial charge in [0, 0.05) is 37.2 Å². The molecule has 7 heteroatoms. The number of allylic oxidation sites excluding steroid dienone is 1. The van der Waals surface area contributed by atoms with Gasteiger partial charge in [-0.3, -0.25) is 4.79 Å². The van der Waals surface area contributed by atoms with Gasteiger partial charge < -0.3 is 4.74 Å². The van der Waals surface area contributed by atoms with Crippen LogP contribution in [0, 0.1) is 5.41 Å². The van der Waals surface area contributed by atoms with E-state index in [1.165, 1.54) is 0 Å². The van der Waals surface area contributed by atoms with Gasteiger partial charge >= 0.3 is 0 Å². The molecule has 1 saturated heterocycles. The molecule has 0 bridgehead atoms. The van der Waals surface area contributed by atoms with Crippen LogP contribution in [0.15, 0.2) is 65.2 Å². The van der Waals surface area contributed by atoms with Crippen LogP contribution in [-0.4, -0.2) is 43.2 Å². The number of aromatic nitrogens is 1. The number of nitrogens with zero attached hydrogens (tertiary/aromatic N) is 2. The van der Waals surface area contributed by atoms with E-state index in [-0.39, 0.29) is 17.8 Å². The van der Waals surface area contributed by atoms with Gasteiger partial charge in [0.15, 0.2) is 5.78 Å². The first kappa shape index (κ1) is 22.7. The van der Waals surface area contributed by atoms with E-state index in [0.717, 1.165) is 11.1 Å². The molecule has 1 aromatic carbocycles. The van der Waals surface area contributed by atoms with Crippen LogP contribution >= 0.6 is 0 Å². The van der Waals surface area contributed by atoms with Gasteiger partial charge in [-0.05, 0) is 48.1 Å². The maximum atomic E-state index is 13.5. The lowest BCUT2D eigenvalue weighted by molar-refractivity contribution is -0.116. The predicted octanol–water partition coefficient (Wildman–Crippen LogP) is 4.13. The maximum absolute atomic E-state index is 13.5. The van der Waals surface area contributed by atoms with Gasteiger partial charge in [0.2, 0.25) is 15.9 Å². The molecule has 0 amide bonds. The number of rotatable bonds is 5. The fraction of sp³-hybridized carbons (Fsp3) is 0.440. The number of sulfonamides is 1. The summed E-state index contributed by atoms with van der Waals surface area (Å²) in [7, 11) is -3.66. The zero-order chi connectivity index (χ0) is 23.0. The molecule has 1 aromatic heterocycles. The summed E-state index contributed by atoms with van der Waals surface area (Å²) in [4.78, 5) is 16.6. The van der Waals surface area contributed by atoms with Crippen LogP contribution in [0.25, 0.3) is 0 Å². The molecule has 32 heavy (non-hydrogen) atoms. The Morgan fingerprint density at radius 2 is 1.84 bits per heavy atom. The molecule has 4 rings (SSSR count). The number of hydrogen-bond donors (Lipinski definition) is 0. The maximum Gasteiger partial charge on any atom is 0.243 e. The molecule has 0 saturated carbocycles. The third-order valence-corrected chi connectivity index (χ3v) is 8.33. The number of fused-ring (bicyclic) bond motifs is 1. The van der Waals surface area contributed by atoms with E-state index in [4.69, 9.17) is 4.74 Å². The number of pyridine rings is 1. The Morgan fingerprint density at radius 3 is 2.50 bits per heavy atom. The van der Waals surface area contributed by atoms with Crippen molar-refractivity contribution in [3.63, 3.8) is 0 Å². The number of carbonyl (C=O) groups is 1. The zero-order valence-corrected chi connectivity index (χ0v) is 19.7. The Kier molecular flexibility index (Phi) is 5.98. The molecule has 0 radical (unpaired) electrons. The quantitative estimate of drug-likeness (QED) is 0.679. The van der Waals surface area contributed by atoms with Crippen LogP contribution in [0.2, 0.25) is 0 Å². The predicted molar refractivity (Wildman–Crippen MR) is 123 cm³/mol. The average Bonchev–Trinajstić information content (AvgIpc) is 2.78. The monoisotopic (exact) mass is 454 g/mol. The Morgan fingerprint density at radius 1 is 1.09 bits per heavy atom. The fourth-order valence-electron chi connectivity index (χ4n) is 4.46. The summed E-state index contributed by atoms with van der Waals surface area (Å²) in [6.45, 7) is 7.24. The number of hydrogen-bond acceptors (Lipinski definition) is 5. The summed E-state index contributed by atoms with van der Waals surface area (Å²) < 4.78 is 34.5. The highest BCUT2D eigenvalue weighted by atomic mass is 32.2. The SMILES string of the molecule is CC(C)(C)c1ccc(S(=O)(=O)N2CCC3=CC(=O)CCC3(COc3ccccn3)C2)cc1. The largest absolute Gasteiger partial charge is 0.477 e. The van der Waals surface area contributed by atoms with Crippen LogP contribution in [0.5, 0.6) is 5.88 Å². The number of benzene rings is 1. The summed E-state index contributed by atoms with van der Waals surface area (Å²) in [5, 5.41) is 0. The van der Waals surface area contributed by atoms with Crippen molar-refractivity contribution in [2.24, 2.45) is 5.41 Å². The zero-order valence-electron chi connectivity index (χ0n) is 18.9. The summed E-state index contributed by atoms with van der Waals surface area (Å²) >= 11 is 0. The highest BCUT2D eigenvalue weighted by Gasteiger charge is 2.46.